The molecule has 1 fully saturated rings. The third-order valence-electron chi connectivity index (χ3n) is 8.22. The number of carbonyl (C=O) groups is 1. The second kappa shape index (κ2) is 9.54. The number of aryl methyl sites for hydroxylation is 1. The molecule has 1 saturated carbocycles. The number of sulfone groups is 1. The monoisotopic (exact) mass is 564 g/mol. The molecule has 206 valence electrons. The van der Waals surface area contributed by atoms with Crippen LogP contribution in [0, 0.1) is 23.1 Å². The van der Waals surface area contributed by atoms with E-state index < -0.39 is 32.3 Å². The van der Waals surface area contributed by atoms with Crippen molar-refractivity contribution in [1.82, 2.24) is 29.3 Å². The maximum atomic E-state index is 14.2. The van der Waals surface area contributed by atoms with Crippen molar-refractivity contribution in [3.05, 3.63) is 89.8 Å². The van der Waals surface area contributed by atoms with Crippen molar-refractivity contribution in [1.29, 1.82) is 0 Å². The molecule has 40 heavy (non-hydrogen) atoms. The van der Waals surface area contributed by atoms with Gasteiger partial charge in [-0.05, 0) is 56.4 Å². The molecule has 0 spiro atoms. The van der Waals surface area contributed by atoms with Gasteiger partial charge in [0.25, 0.3) is 0 Å². The van der Waals surface area contributed by atoms with Crippen molar-refractivity contribution in [3.63, 3.8) is 0 Å². The van der Waals surface area contributed by atoms with Crippen LogP contribution in [-0.2, 0) is 23.3 Å². The van der Waals surface area contributed by atoms with Crippen LogP contribution in [0.15, 0.2) is 65.8 Å². The van der Waals surface area contributed by atoms with Crippen LogP contribution < -0.4 is 0 Å². The van der Waals surface area contributed by atoms with E-state index in [1.54, 1.807) is 30.9 Å². The number of imidazole rings is 1. The van der Waals surface area contributed by atoms with E-state index in [-0.39, 0.29) is 35.1 Å². The zero-order valence-corrected chi connectivity index (χ0v) is 22.6. The second-order valence-electron chi connectivity index (χ2n) is 10.5. The van der Waals surface area contributed by atoms with Crippen molar-refractivity contribution in [2.75, 3.05) is 0 Å². The smallest absolute Gasteiger partial charge is 0.212 e. The van der Waals surface area contributed by atoms with Crippen LogP contribution in [0.3, 0.4) is 0 Å². The van der Waals surface area contributed by atoms with Gasteiger partial charge in [0.15, 0.2) is 15.6 Å². The van der Waals surface area contributed by atoms with Crippen LogP contribution in [0.1, 0.15) is 48.1 Å². The molecule has 4 aromatic rings. The molecule has 2 aliphatic carbocycles. The zero-order valence-electron chi connectivity index (χ0n) is 21.8. The summed E-state index contributed by atoms with van der Waals surface area (Å²) in [6, 6.07) is 5.14. The summed E-state index contributed by atoms with van der Waals surface area (Å²) in [4.78, 5) is 26.8. The minimum atomic E-state index is -3.72. The summed E-state index contributed by atoms with van der Waals surface area (Å²) in [5.74, 6) is -1.90. The van der Waals surface area contributed by atoms with Gasteiger partial charge in [0.2, 0.25) is 5.95 Å². The Kier molecular flexibility index (Phi) is 6.25. The summed E-state index contributed by atoms with van der Waals surface area (Å²) in [5.41, 5.74) is 1.64. The molecule has 0 amide bonds. The molecule has 4 heterocycles. The first-order valence-corrected chi connectivity index (χ1v) is 14.4. The van der Waals surface area contributed by atoms with Crippen LogP contribution >= 0.6 is 0 Å². The standard InChI is InChI=1S/C28H26F2N6O3S/c1-17(40(38,39)22-14-34-35(2)15-22)18-3-4-19-9-25-24(33-16-36(25)21-5-6-26(30)32-13-21)12-28(19,11-18)27(37)23-10-20(29)7-8-31-23/h5-10,13-18H,3-4,11-12H2,1-2H3/t17?,18-,28+/m0/s1. The minimum absolute atomic E-state index is 0.0139. The van der Waals surface area contributed by atoms with E-state index >= 15 is 0 Å². The summed E-state index contributed by atoms with van der Waals surface area (Å²) in [5, 5.41) is 3.23. The third kappa shape index (κ3) is 4.26. The van der Waals surface area contributed by atoms with E-state index in [0.717, 1.165) is 17.3 Å². The van der Waals surface area contributed by atoms with E-state index in [1.807, 2.05) is 6.08 Å². The van der Waals surface area contributed by atoms with Crippen molar-refractivity contribution in [2.24, 2.45) is 18.4 Å². The van der Waals surface area contributed by atoms with Gasteiger partial charge in [-0.1, -0.05) is 5.57 Å². The number of allylic oxidation sites excluding steroid dienone is 1. The Bertz CT molecular complexity index is 1760. The molecule has 0 aliphatic heterocycles. The molecule has 0 N–H and O–H groups in total. The molecule has 0 aromatic carbocycles. The van der Waals surface area contributed by atoms with Gasteiger partial charge in [-0.3, -0.25) is 19.0 Å². The van der Waals surface area contributed by atoms with E-state index in [2.05, 4.69) is 20.1 Å². The predicted molar refractivity (Wildman–Crippen MR) is 141 cm³/mol. The first kappa shape index (κ1) is 26.2. The number of carbonyl (C=O) groups excluding carboxylic acids is 1. The largest absolute Gasteiger partial charge is 0.298 e. The summed E-state index contributed by atoms with van der Waals surface area (Å²) in [6.07, 6.45) is 10.4. The number of nitrogens with zero attached hydrogens (tertiary/aromatic N) is 6. The molecule has 0 saturated heterocycles. The number of fused-ring (bicyclic) bond motifs is 2. The number of aromatic nitrogens is 6. The lowest BCUT2D eigenvalue weighted by molar-refractivity contribution is 0.0751. The highest BCUT2D eigenvalue weighted by molar-refractivity contribution is 7.92. The quantitative estimate of drug-likeness (QED) is 0.256. The Labute approximate surface area is 229 Å². The summed E-state index contributed by atoms with van der Waals surface area (Å²) >= 11 is 0. The highest BCUT2D eigenvalue weighted by atomic mass is 32.2. The van der Waals surface area contributed by atoms with Crippen molar-refractivity contribution >= 4 is 21.7 Å². The van der Waals surface area contributed by atoms with Gasteiger partial charge in [0, 0.05) is 31.9 Å². The number of hydrogen-bond acceptors (Lipinski definition) is 7. The van der Waals surface area contributed by atoms with Crippen molar-refractivity contribution < 1.29 is 22.0 Å². The van der Waals surface area contributed by atoms with Crippen LogP contribution in [0.2, 0.25) is 0 Å². The molecule has 12 heteroatoms. The topological polar surface area (TPSA) is 113 Å². The maximum Gasteiger partial charge on any atom is 0.212 e. The molecule has 1 unspecified atom stereocenters. The Morgan fingerprint density at radius 3 is 2.67 bits per heavy atom. The Balaban J connectivity index is 1.43. The van der Waals surface area contributed by atoms with Crippen molar-refractivity contribution in [2.45, 2.75) is 42.8 Å². The maximum absolute atomic E-state index is 14.2. The molecule has 0 bridgehead atoms. The average molecular weight is 565 g/mol. The van der Waals surface area contributed by atoms with E-state index in [9.17, 15) is 22.0 Å². The van der Waals surface area contributed by atoms with E-state index in [1.165, 1.54) is 41.6 Å². The number of rotatable bonds is 6. The number of Topliss-reactive ketones (excluding diaryl/α,β-unsaturated/α-hetero) is 1. The summed E-state index contributed by atoms with van der Waals surface area (Å²) < 4.78 is 57.9. The lowest BCUT2D eigenvalue weighted by atomic mass is 9.59. The minimum Gasteiger partial charge on any atom is -0.298 e. The highest BCUT2D eigenvalue weighted by Gasteiger charge is 2.51. The molecular formula is C28H26F2N6O3S. The Hall–Kier alpha value is -4.06. The first-order valence-electron chi connectivity index (χ1n) is 12.9. The zero-order chi connectivity index (χ0) is 28.2. The molecule has 9 nitrogen and oxygen atoms in total. The second-order valence-corrected chi connectivity index (χ2v) is 12.8. The van der Waals surface area contributed by atoms with Gasteiger partial charge in [-0.15, -0.1) is 0 Å². The van der Waals surface area contributed by atoms with Crippen LogP contribution in [-0.4, -0.2) is 48.8 Å². The molecule has 0 radical (unpaired) electrons. The highest BCUT2D eigenvalue weighted by Crippen LogP contribution is 2.53. The van der Waals surface area contributed by atoms with Gasteiger partial charge in [0.1, 0.15) is 22.7 Å². The summed E-state index contributed by atoms with van der Waals surface area (Å²) in [7, 11) is -2.07. The van der Waals surface area contributed by atoms with Gasteiger partial charge in [0.05, 0.1) is 40.1 Å². The fourth-order valence-electron chi connectivity index (χ4n) is 6.02. The summed E-state index contributed by atoms with van der Waals surface area (Å²) in [6.45, 7) is 1.67. The number of halogens is 2. The van der Waals surface area contributed by atoms with Gasteiger partial charge in [-0.2, -0.15) is 9.49 Å². The SMILES string of the molecule is CC([C@H]1CCC2=Cc3c(ncn3-c3ccc(F)nc3)C[C@]2(C(=O)c2cc(F)ccn2)C1)S(=O)(=O)c1cnn(C)c1. The van der Waals surface area contributed by atoms with Gasteiger partial charge < -0.3 is 0 Å². The lowest BCUT2D eigenvalue weighted by Gasteiger charge is -2.45. The molecule has 2 aliphatic rings. The fraction of sp³-hybridized carbons (Fsp3) is 0.321. The Morgan fingerprint density at radius 2 is 1.98 bits per heavy atom. The first-order chi connectivity index (χ1) is 19.1. The lowest BCUT2D eigenvalue weighted by Crippen LogP contribution is -2.45. The Morgan fingerprint density at radius 1 is 1.15 bits per heavy atom. The van der Waals surface area contributed by atoms with Gasteiger partial charge >= 0.3 is 0 Å². The van der Waals surface area contributed by atoms with Crippen LogP contribution in [0.4, 0.5) is 8.78 Å². The fourth-order valence-corrected chi connectivity index (χ4v) is 7.68. The number of ketones is 1. The average Bonchev–Trinajstić information content (AvgIpc) is 3.57. The predicted octanol–water partition coefficient (Wildman–Crippen LogP) is 4.15. The van der Waals surface area contributed by atoms with Gasteiger partial charge in [-0.25, -0.2) is 22.8 Å². The number of pyridine rings is 2. The molecule has 3 atom stereocenters. The molecule has 6 rings (SSSR count). The van der Waals surface area contributed by atoms with E-state index in [4.69, 9.17) is 0 Å². The molecule has 4 aromatic heterocycles. The third-order valence-corrected chi connectivity index (χ3v) is 10.4. The van der Waals surface area contributed by atoms with E-state index in [0.29, 0.717) is 24.2 Å². The van der Waals surface area contributed by atoms with Crippen LogP contribution in [0.25, 0.3) is 11.8 Å². The number of hydrogen-bond donors (Lipinski definition) is 0. The molecular weight excluding hydrogens is 538 g/mol. The van der Waals surface area contributed by atoms with Crippen LogP contribution in [0.5, 0.6) is 0 Å². The normalized spacial score (nSPS) is 21.3. The van der Waals surface area contributed by atoms with Crippen molar-refractivity contribution in [3.8, 4) is 5.69 Å².